The van der Waals surface area contributed by atoms with Gasteiger partial charge in [0.15, 0.2) is 0 Å². The predicted octanol–water partition coefficient (Wildman–Crippen LogP) is 3.54. The molecule has 0 unspecified atom stereocenters. The smallest absolute Gasteiger partial charge is 0.262 e. The third-order valence-corrected chi connectivity index (χ3v) is 4.29. The van der Waals surface area contributed by atoms with E-state index >= 15 is 0 Å². The molecular formula is C18H22N2O3S. The molecule has 2 rings (SSSR count). The quantitative estimate of drug-likeness (QED) is 0.806. The van der Waals surface area contributed by atoms with Crippen molar-refractivity contribution in [2.75, 3.05) is 11.9 Å². The van der Waals surface area contributed by atoms with E-state index < -0.39 is 6.04 Å². The van der Waals surface area contributed by atoms with Crippen molar-refractivity contribution in [1.82, 2.24) is 5.32 Å². The number of para-hydroxylation sites is 2. The van der Waals surface area contributed by atoms with E-state index in [1.807, 2.05) is 44.4 Å². The van der Waals surface area contributed by atoms with E-state index in [9.17, 15) is 9.59 Å². The molecule has 0 saturated heterocycles. The summed E-state index contributed by atoms with van der Waals surface area (Å²) in [6, 6.07) is 10.2. The molecule has 5 nitrogen and oxygen atoms in total. The first kappa shape index (κ1) is 18.0. The van der Waals surface area contributed by atoms with Gasteiger partial charge in [-0.05, 0) is 36.4 Å². The number of benzene rings is 1. The zero-order chi connectivity index (χ0) is 17.5. The molecule has 0 radical (unpaired) electrons. The SMILES string of the molecule is CCOc1ccccc1NC(=O)[C@H](NC(=O)c1cccs1)C(C)C. The fraction of sp³-hybridized carbons (Fsp3) is 0.333. The van der Waals surface area contributed by atoms with Gasteiger partial charge in [0, 0.05) is 0 Å². The Balaban J connectivity index is 2.11. The molecule has 2 N–H and O–H groups in total. The second-order valence-corrected chi connectivity index (χ2v) is 6.54. The number of carbonyl (C=O) groups excluding carboxylic acids is 2. The van der Waals surface area contributed by atoms with Gasteiger partial charge in [0.25, 0.3) is 5.91 Å². The van der Waals surface area contributed by atoms with Gasteiger partial charge in [0.2, 0.25) is 5.91 Å². The first-order valence-corrected chi connectivity index (χ1v) is 8.78. The zero-order valence-electron chi connectivity index (χ0n) is 14.0. The Labute approximate surface area is 146 Å². The highest BCUT2D eigenvalue weighted by molar-refractivity contribution is 7.12. The van der Waals surface area contributed by atoms with Crippen LogP contribution < -0.4 is 15.4 Å². The molecule has 128 valence electrons. The standard InChI is InChI=1S/C18H22N2O3S/c1-4-23-14-9-6-5-8-13(14)19-18(22)16(12(2)3)20-17(21)15-10-7-11-24-15/h5-12,16H,4H2,1-3H3,(H,19,22)(H,20,21)/t16-/m1/s1. The number of carbonyl (C=O) groups is 2. The molecule has 1 atom stereocenters. The van der Waals surface area contributed by atoms with Crippen LogP contribution >= 0.6 is 11.3 Å². The summed E-state index contributed by atoms with van der Waals surface area (Å²) in [4.78, 5) is 25.5. The molecule has 6 heteroatoms. The zero-order valence-corrected chi connectivity index (χ0v) is 14.9. The van der Waals surface area contributed by atoms with Gasteiger partial charge in [-0.3, -0.25) is 9.59 Å². The van der Waals surface area contributed by atoms with Gasteiger partial charge in [-0.2, -0.15) is 0 Å². The number of thiophene rings is 1. The molecule has 0 saturated carbocycles. The second-order valence-electron chi connectivity index (χ2n) is 5.59. The van der Waals surface area contributed by atoms with E-state index in [2.05, 4.69) is 10.6 Å². The number of ether oxygens (including phenoxy) is 1. The van der Waals surface area contributed by atoms with Crippen molar-refractivity contribution in [3.63, 3.8) is 0 Å². The van der Waals surface area contributed by atoms with Crippen molar-refractivity contribution in [3.05, 3.63) is 46.7 Å². The van der Waals surface area contributed by atoms with Crippen molar-refractivity contribution < 1.29 is 14.3 Å². The number of nitrogens with one attached hydrogen (secondary N) is 2. The van der Waals surface area contributed by atoms with Crippen LogP contribution in [0, 0.1) is 5.92 Å². The maximum atomic E-state index is 12.6. The Morgan fingerprint density at radius 1 is 1.17 bits per heavy atom. The number of rotatable bonds is 7. The average Bonchev–Trinajstić information content (AvgIpc) is 3.08. The van der Waals surface area contributed by atoms with Gasteiger partial charge in [-0.1, -0.05) is 32.0 Å². The molecule has 1 aromatic heterocycles. The predicted molar refractivity (Wildman–Crippen MR) is 96.7 cm³/mol. The van der Waals surface area contributed by atoms with Crippen LogP contribution in [0.1, 0.15) is 30.4 Å². The summed E-state index contributed by atoms with van der Waals surface area (Å²) in [7, 11) is 0. The van der Waals surface area contributed by atoms with Crippen molar-refractivity contribution in [1.29, 1.82) is 0 Å². The maximum Gasteiger partial charge on any atom is 0.262 e. The Kier molecular flexibility index (Phi) is 6.37. The topological polar surface area (TPSA) is 67.4 Å². The average molecular weight is 346 g/mol. The normalized spacial score (nSPS) is 11.8. The van der Waals surface area contributed by atoms with Crippen LogP contribution in [0.3, 0.4) is 0 Å². The van der Waals surface area contributed by atoms with Crippen molar-refractivity contribution in [2.45, 2.75) is 26.8 Å². The van der Waals surface area contributed by atoms with E-state index in [-0.39, 0.29) is 17.7 Å². The highest BCUT2D eigenvalue weighted by atomic mass is 32.1. The fourth-order valence-corrected chi connectivity index (χ4v) is 2.84. The molecule has 0 aliphatic rings. The molecule has 0 spiro atoms. The van der Waals surface area contributed by atoms with Crippen LogP contribution in [0.15, 0.2) is 41.8 Å². The molecule has 1 heterocycles. The fourth-order valence-electron chi connectivity index (χ4n) is 2.22. The Hall–Kier alpha value is -2.34. The third-order valence-electron chi connectivity index (χ3n) is 3.43. The molecule has 0 bridgehead atoms. The molecule has 1 aromatic carbocycles. The number of hydrogen-bond donors (Lipinski definition) is 2. The lowest BCUT2D eigenvalue weighted by Crippen LogP contribution is -2.47. The number of amides is 2. The van der Waals surface area contributed by atoms with E-state index in [0.717, 1.165) is 0 Å². The van der Waals surface area contributed by atoms with Crippen LogP contribution in [0.25, 0.3) is 0 Å². The summed E-state index contributed by atoms with van der Waals surface area (Å²) in [6.07, 6.45) is 0. The number of hydrogen-bond acceptors (Lipinski definition) is 4. The lowest BCUT2D eigenvalue weighted by atomic mass is 10.0. The molecule has 0 aliphatic carbocycles. The van der Waals surface area contributed by atoms with Crippen molar-refractivity contribution in [3.8, 4) is 5.75 Å². The van der Waals surface area contributed by atoms with Crippen LogP contribution in [0.5, 0.6) is 5.75 Å². The van der Waals surface area contributed by atoms with Crippen LogP contribution in [-0.4, -0.2) is 24.5 Å². The molecular weight excluding hydrogens is 324 g/mol. The van der Waals surface area contributed by atoms with Crippen molar-refractivity contribution in [2.24, 2.45) is 5.92 Å². The summed E-state index contributed by atoms with van der Waals surface area (Å²) in [6.45, 7) is 6.19. The molecule has 2 amide bonds. The first-order valence-electron chi connectivity index (χ1n) is 7.90. The van der Waals surface area contributed by atoms with Gasteiger partial charge in [0.05, 0.1) is 17.2 Å². The summed E-state index contributed by atoms with van der Waals surface area (Å²) >= 11 is 1.35. The van der Waals surface area contributed by atoms with E-state index in [4.69, 9.17) is 4.74 Å². The maximum absolute atomic E-state index is 12.6. The highest BCUT2D eigenvalue weighted by Gasteiger charge is 2.25. The van der Waals surface area contributed by atoms with E-state index in [0.29, 0.717) is 22.9 Å². The summed E-state index contributed by atoms with van der Waals surface area (Å²) in [5, 5.41) is 7.49. The lowest BCUT2D eigenvalue weighted by molar-refractivity contribution is -0.118. The van der Waals surface area contributed by atoms with Gasteiger partial charge >= 0.3 is 0 Å². The molecule has 0 aliphatic heterocycles. The summed E-state index contributed by atoms with van der Waals surface area (Å²) < 4.78 is 5.52. The first-order chi connectivity index (χ1) is 11.5. The van der Waals surface area contributed by atoms with Gasteiger partial charge < -0.3 is 15.4 Å². The number of anilines is 1. The minimum Gasteiger partial charge on any atom is -0.492 e. The van der Waals surface area contributed by atoms with E-state index in [1.54, 1.807) is 18.2 Å². The molecule has 0 fully saturated rings. The third kappa shape index (κ3) is 4.58. The monoisotopic (exact) mass is 346 g/mol. The summed E-state index contributed by atoms with van der Waals surface area (Å²) in [5.41, 5.74) is 0.598. The molecule has 24 heavy (non-hydrogen) atoms. The van der Waals surface area contributed by atoms with E-state index in [1.165, 1.54) is 11.3 Å². The Bertz CT molecular complexity index is 683. The largest absolute Gasteiger partial charge is 0.492 e. The second kappa shape index (κ2) is 8.49. The van der Waals surface area contributed by atoms with Crippen LogP contribution in [0.2, 0.25) is 0 Å². The highest BCUT2D eigenvalue weighted by Crippen LogP contribution is 2.24. The van der Waals surface area contributed by atoms with Crippen LogP contribution in [-0.2, 0) is 4.79 Å². The van der Waals surface area contributed by atoms with Gasteiger partial charge in [0.1, 0.15) is 11.8 Å². The Morgan fingerprint density at radius 3 is 2.54 bits per heavy atom. The van der Waals surface area contributed by atoms with Gasteiger partial charge in [-0.25, -0.2) is 0 Å². The lowest BCUT2D eigenvalue weighted by Gasteiger charge is -2.22. The Morgan fingerprint density at radius 2 is 1.92 bits per heavy atom. The van der Waals surface area contributed by atoms with Gasteiger partial charge in [-0.15, -0.1) is 11.3 Å². The van der Waals surface area contributed by atoms with Crippen molar-refractivity contribution >= 4 is 28.8 Å². The summed E-state index contributed by atoms with van der Waals surface area (Å²) in [5.74, 6) is 0.0626. The minimum absolute atomic E-state index is 0.0480. The van der Waals surface area contributed by atoms with Crippen LogP contribution in [0.4, 0.5) is 5.69 Å². The minimum atomic E-state index is -0.630. The molecule has 2 aromatic rings.